The van der Waals surface area contributed by atoms with Crippen LogP contribution in [0, 0.1) is 12.3 Å². The van der Waals surface area contributed by atoms with Crippen LogP contribution in [-0.2, 0) is 0 Å². The summed E-state index contributed by atoms with van der Waals surface area (Å²) in [7, 11) is 0. The highest BCUT2D eigenvalue weighted by atomic mass is 35.5. The molecule has 0 fully saturated rings. The molecule has 106 valence electrons. The van der Waals surface area contributed by atoms with Gasteiger partial charge < -0.3 is 10.4 Å². The maximum absolute atomic E-state index is 12.2. The molecule has 19 heavy (non-hydrogen) atoms. The third kappa shape index (κ3) is 4.80. The molecule has 1 rings (SSSR count). The van der Waals surface area contributed by atoms with Crippen LogP contribution in [-0.4, -0.2) is 28.6 Å². The Kier molecular flexibility index (Phi) is 5.32. The number of rotatable bonds is 4. The van der Waals surface area contributed by atoms with E-state index in [1.165, 1.54) is 0 Å². The van der Waals surface area contributed by atoms with Gasteiger partial charge in [-0.15, -0.1) is 0 Å². The molecule has 0 aromatic carbocycles. The van der Waals surface area contributed by atoms with E-state index in [-0.39, 0.29) is 24.0 Å². The van der Waals surface area contributed by atoms with Gasteiger partial charge >= 0.3 is 0 Å². The second-order valence-electron chi connectivity index (χ2n) is 5.72. The Labute approximate surface area is 119 Å². The van der Waals surface area contributed by atoms with Crippen molar-refractivity contribution in [2.75, 3.05) is 6.61 Å². The van der Waals surface area contributed by atoms with Crippen LogP contribution >= 0.6 is 11.6 Å². The summed E-state index contributed by atoms with van der Waals surface area (Å²) < 4.78 is 0. The number of aryl methyl sites for hydroxylation is 1. The molecule has 1 aromatic heterocycles. The van der Waals surface area contributed by atoms with E-state index >= 15 is 0 Å². The van der Waals surface area contributed by atoms with Crippen molar-refractivity contribution in [3.8, 4) is 0 Å². The Hall–Kier alpha value is -1.13. The van der Waals surface area contributed by atoms with Crippen molar-refractivity contribution in [2.45, 2.75) is 40.2 Å². The van der Waals surface area contributed by atoms with Crippen molar-refractivity contribution in [1.29, 1.82) is 0 Å². The summed E-state index contributed by atoms with van der Waals surface area (Å²) in [6.45, 7) is 7.91. The molecule has 0 radical (unpaired) electrons. The van der Waals surface area contributed by atoms with E-state index in [9.17, 15) is 4.79 Å². The Morgan fingerprint density at radius 3 is 2.58 bits per heavy atom. The lowest BCUT2D eigenvalue weighted by Crippen LogP contribution is -2.44. The highest BCUT2D eigenvalue weighted by molar-refractivity contribution is 6.29. The first-order valence-corrected chi connectivity index (χ1v) is 6.67. The van der Waals surface area contributed by atoms with Crippen LogP contribution in [0.15, 0.2) is 12.1 Å². The molecule has 0 bridgehead atoms. The minimum absolute atomic E-state index is 0.0400. The van der Waals surface area contributed by atoms with Gasteiger partial charge in [0.2, 0.25) is 0 Å². The van der Waals surface area contributed by atoms with Gasteiger partial charge in [0.25, 0.3) is 5.91 Å². The maximum Gasteiger partial charge on any atom is 0.251 e. The zero-order chi connectivity index (χ0) is 14.6. The number of carbonyl (C=O) groups excluding carboxylic acids is 1. The molecule has 1 atom stereocenters. The number of carbonyl (C=O) groups is 1. The summed E-state index contributed by atoms with van der Waals surface area (Å²) >= 11 is 5.85. The van der Waals surface area contributed by atoms with Gasteiger partial charge in [0.1, 0.15) is 5.15 Å². The molecule has 0 saturated carbocycles. The van der Waals surface area contributed by atoms with E-state index in [2.05, 4.69) is 10.3 Å². The predicted molar refractivity (Wildman–Crippen MR) is 76.4 cm³/mol. The number of nitrogens with zero attached hydrogens (tertiary/aromatic N) is 1. The normalized spacial score (nSPS) is 13.2. The standard InChI is InChI=1S/C14H21ClN2O2/c1-9-7-10(8-12(15)16-9)13(19)17-11(5-6-18)14(2,3)4/h7-8,11,18H,5-6H2,1-4H3,(H,17,19). The summed E-state index contributed by atoms with van der Waals surface area (Å²) in [4.78, 5) is 16.2. The summed E-state index contributed by atoms with van der Waals surface area (Å²) in [5, 5.41) is 12.3. The monoisotopic (exact) mass is 284 g/mol. The van der Waals surface area contributed by atoms with Gasteiger partial charge in [-0.3, -0.25) is 4.79 Å². The van der Waals surface area contributed by atoms with E-state index < -0.39 is 0 Å². The molecule has 2 N–H and O–H groups in total. The first-order valence-electron chi connectivity index (χ1n) is 6.30. The minimum Gasteiger partial charge on any atom is -0.396 e. The number of hydrogen-bond acceptors (Lipinski definition) is 3. The van der Waals surface area contributed by atoms with Gasteiger partial charge in [0.15, 0.2) is 0 Å². The summed E-state index contributed by atoms with van der Waals surface area (Å²) in [5.41, 5.74) is 1.07. The average Bonchev–Trinajstić information content (AvgIpc) is 2.25. The minimum atomic E-state index is -0.194. The molecule has 0 aliphatic rings. The quantitative estimate of drug-likeness (QED) is 0.836. The van der Waals surface area contributed by atoms with E-state index in [0.29, 0.717) is 22.8 Å². The van der Waals surface area contributed by atoms with Crippen molar-refractivity contribution in [3.63, 3.8) is 0 Å². The number of aliphatic hydroxyl groups excluding tert-OH is 1. The second kappa shape index (κ2) is 6.35. The number of aromatic nitrogens is 1. The molecule has 4 nitrogen and oxygen atoms in total. The molecule has 0 spiro atoms. The Balaban J connectivity index is 2.87. The first-order chi connectivity index (χ1) is 8.74. The van der Waals surface area contributed by atoms with Crippen LogP contribution in [0.1, 0.15) is 43.2 Å². The van der Waals surface area contributed by atoms with Gasteiger partial charge in [-0.05, 0) is 30.9 Å². The molecule has 0 aliphatic heterocycles. The van der Waals surface area contributed by atoms with Crippen LogP contribution in [0.25, 0.3) is 0 Å². The molecular formula is C14H21ClN2O2. The molecule has 5 heteroatoms. The van der Waals surface area contributed by atoms with Crippen LogP contribution in [0.2, 0.25) is 5.15 Å². The summed E-state index contributed by atoms with van der Waals surface area (Å²) in [6.07, 6.45) is 0.521. The van der Waals surface area contributed by atoms with E-state index in [0.717, 1.165) is 0 Å². The van der Waals surface area contributed by atoms with Crippen molar-refractivity contribution >= 4 is 17.5 Å². The molecule has 0 saturated heterocycles. The number of halogens is 1. The zero-order valence-electron chi connectivity index (χ0n) is 11.8. The maximum atomic E-state index is 12.2. The van der Waals surface area contributed by atoms with Crippen molar-refractivity contribution in [3.05, 3.63) is 28.5 Å². The van der Waals surface area contributed by atoms with Crippen LogP contribution in [0.4, 0.5) is 0 Å². The highest BCUT2D eigenvalue weighted by Crippen LogP contribution is 2.22. The van der Waals surface area contributed by atoms with E-state index in [1.807, 2.05) is 20.8 Å². The first kappa shape index (κ1) is 15.9. The largest absolute Gasteiger partial charge is 0.396 e. The van der Waals surface area contributed by atoms with Crippen LogP contribution < -0.4 is 5.32 Å². The molecule has 0 aliphatic carbocycles. The average molecular weight is 285 g/mol. The number of nitrogens with one attached hydrogen (secondary N) is 1. The van der Waals surface area contributed by atoms with Crippen molar-refractivity contribution < 1.29 is 9.90 Å². The summed E-state index contributed by atoms with van der Waals surface area (Å²) in [5.74, 6) is -0.194. The zero-order valence-corrected chi connectivity index (χ0v) is 12.6. The summed E-state index contributed by atoms with van der Waals surface area (Å²) in [6, 6.07) is 3.14. The molecule has 1 amide bonds. The predicted octanol–water partition coefficient (Wildman–Crippen LogP) is 2.57. The van der Waals surface area contributed by atoms with Crippen LogP contribution in [0.3, 0.4) is 0 Å². The fraction of sp³-hybridized carbons (Fsp3) is 0.571. The lowest BCUT2D eigenvalue weighted by Gasteiger charge is -2.31. The molecule has 1 aromatic rings. The SMILES string of the molecule is Cc1cc(C(=O)NC(CCO)C(C)(C)C)cc(Cl)n1. The number of aliphatic hydroxyl groups is 1. The van der Waals surface area contributed by atoms with E-state index in [1.54, 1.807) is 19.1 Å². The van der Waals surface area contributed by atoms with Gasteiger partial charge in [-0.1, -0.05) is 32.4 Å². The third-order valence-corrected chi connectivity index (χ3v) is 3.15. The Morgan fingerprint density at radius 2 is 2.11 bits per heavy atom. The number of hydrogen-bond donors (Lipinski definition) is 2. The lowest BCUT2D eigenvalue weighted by molar-refractivity contribution is 0.0885. The second-order valence-corrected chi connectivity index (χ2v) is 6.11. The van der Waals surface area contributed by atoms with Crippen molar-refractivity contribution in [2.24, 2.45) is 5.41 Å². The Bertz CT molecular complexity index is 435. The molecule has 1 unspecified atom stereocenters. The number of amides is 1. The Morgan fingerprint density at radius 1 is 1.47 bits per heavy atom. The van der Waals surface area contributed by atoms with Gasteiger partial charge in [0, 0.05) is 23.9 Å². The van der Waals surface area contributed by atoms with E-state index in [4.69, 9.17) is 16.7 Å². The smallest absolute Gasteiger partial charge is 0.251 e. The molecular weight excluding hydrogens is 264 g/mol. The third-order valence-electron chi connectivity index (χ3n) is 2.95. The van der Waals surface area contributed by atoms with Crippen LogP contribution in [0.5, 0.6) is 0 Å². The lowest BCUT2D eigenvalue weighted by atomic mass is 9.85. The number of pyridine rings is 1. The molecule has 1 heterocycles. The fourth-order valence-electron chi connectivity index (χ4n) is 1.85. The van der Waals surface area contributed by atoms with Crippen molar-refractivity contribution in [1.82, 2.24) is 10.3 Å². The van der Waals surface area contributed by atoms with Gasteiger partial charge in [-0.2, -0.15) is 0 Å². The van der Waals surface area contributed by atoms with Gasteiger partial charge in [-0.25, -0.2) is 4.98 Å². The highest BCUT2D eigenvalue weighted by Gasteiger charge is 2.26. The topological polar surface area (TPSA) is 62.2 Å². The van der Waals surface area contributed by atoms with Gasteiger partial charge in [0.05, 0.1) is 0 Å². The fourth-order valence-corrected chi connectivity index (χ4v) is 2.10.